The van der Waals surface area contributed by atoms with Crippen LogP contribution in [0.25, 0.3) is 0 Å². The van der Waals surface area contributed by atoms with Crippen LogP contribution in [0.4, 0.5) is 0 Å². The van der Waals surface area contributed by atoms with Crippen LogP contribution in [0.1, 0.15) is 68.0 Å². The number of fused-ring (bicyclic) bond motifs is 1. The molecular weight excluding hydrogens is 416 g/mol. The summed E-state index contributed by atoms with van der Waals surface area (Å²) in [6.45, 7) is 5.66. The molecule has 162 valence electrons. The highest BCUT2D eigenvalue weighted by molar-refractivity contribution is 7.10. The molecule has 0 fully saturated rings. The predicted octanol–water partition coefficient (Wildman–Crippen LogP) is 5.69. The summed E-state index contributed by atoms with van der Waals surface area (Å²) in [7, 11) is 0. The number of carbonyl (C=O) groups is 2. The molecule has 4 nitrogen and oxygen atoms in total. The third kappa shape index (κ3) is 5.44. The summed E-state index contributed by atoms with van der Waals surface area (Å²) in [4.78, 5) is 31.2. The minimum atomic E-state index is -0.122. The Morgan fingerprint density at radius 3 is 2.57 bits per heavy atom. The molecule has 0 N–H and O–H groups in total. The highest BCUT2D eigenvalue weighted by atomic mass is 35.5. The summed E-state index contributed by atoms with van der Waals surface area (Å²) in [5, 5.41) is 2.79. The normalized spacial score (nSPS) is 15.7. The Hall–Kier alpha value is -1.85. The van der Waals surface area contributed by atoms with E-state index in [1.807, 2.05) is 29.2 Å². The first-order chi connectivity index (χ1) is 14.5. The second-order valence-corrected chi connectivity index (χ2v) is 9.30. The van der Waals surface area contributed by atoms with Gasteiger partial charge in [-0.3, -0.25) is 9.59 Å². The van der Waals surface area contributed by atoms with Crippen molar-refractivity contribution in [1.82, 2.24) is 9.80 Å². The van der Waals surface area contributed by atoms with Gasteiger partial charge in [0.05, 0.1) is 12.6 Å². The van der Waals surface area contributed by atoms with Crippen molar-refractivity contribution < 1.29 is 9.59 Å². The molecule has 1 aliphatic rings. The second-order valence-electron chi connectivity index (χ2n) is 7.86. The van der Waals surface area contributed by atoms with Gasteiger partial charge in [0.15, 0.2) is 0 Å². The Morgan fingerprint density at radius 2 is 1.87 bits per heavy atom. The number of rotatable bonds is 9. The lowest BCUT2D eigenvalue weighted by Crippen LogP contribution is -2.47. The van der Waals surface area contributed by atoms with E-state index < -0.39 is 0 Å². The number of hydrogen-bond acceptors (Lipinski definition) is 3. The van der Waals surface area contributed by atoms with Crippen molar-refractivity contribution in [2.45, 2.75) is 58.4 Å². The third-order valence-corrected chi connectivity index (χ3v) is 6.93. The van der Waals surface area contributed by atoms with Crippen LogP contribution >= 0.6 is 22.9 Å². The second kappa shape index (κ2) is 11.0. The first kappa shape index (κ1) is 22.8. The monoisotopic (exact) mass is 446 g/mol. The molecule has 1 atom stereocenters. The van der Waals surface area contributed by atoms with Crippen molar-refractivity contribution in [3.63, 3.8) is 0 Å². The number of benzene rings is 1. The summed E-state index contributed by atoms with van der Waals surface area (Å²) in [6, 6.07) is 9.76. The van der Waals surface area contributed by atoms with Gasteiger partial charge in [-0.15, -0.1) is 11.3 Å². The number of halogens is 1. The van der Waals surface area contributed by atoms with Gasteiger partial charge in [-0.1, -0.05) is 50.4 Å². The van der Waals surface area contributed by atoms with Gasteiger partial charge >= 0.3 is 0 Å². The van der Waals surface area contributed by atoms with E-state index in [1.54, 1.807) is 16.2 Å². The molecule has 1 aliphatic heterocycles. The highest BCUT2D eigenvalue weighted by Gasteiger charge is 2.33. The fourth-order valence-electron chi connectivity index (χ4n) is 3.97. The topological polar surface area (TPSA) is 40.6 Å². The molecule has 0 aliphatic carbocycles. The Kier molecular flexibility index (Phi) is 8.34. The molecule has 2 heterocycles. The Labute approximate surface area is 188 Å². The molecule has 0 saturated heterocycles. The lowest BCUT2D eigenvalue weighted by molar-refractivity contribution is -0.141. The number of thiophene rings is 1. The zero-order chi connectivity index (χ0) is 21.5. The molecule has 6 heteroatoms. The zero-order valence-electron chi connectivity index (χ0n) is 17.9. The summed E-state index contributed by atoms with van der Waals surface area (Å²) >= 11 is 7.85. The molecular formula is C24H31ClN2O2S. The summed E-state index contributed by atoms with van der Waals surface area (Å²) < 4.78 is 0. The fraction of sp³-hybridized carbons (Fsp3) is 0.500. The quantitative estimate of drug-likeness (QED) is 0.496. The van der Waals surface area contributed by atoms with E-state index in [-0.39, 0.29) is 24.4 Å². The van der Waals surface area contributed by atoms with Crippen molar-refractivity contribution in [2.24, 2.45) is 0 Å². The zero-order valence-corrected chi connectivity index (χ0v) is 19.5. The molecule has 2 aromatic rings. The molecule has 30 heavy (non-hydrogen) atoms. The van der Waals surface area contributed by atoms with Crippen LogP contribution in [-0.4, -0.2) is 41.2 Å². The number of hydrogen-bond donors (Lipinski definition) is 0. The maximum atomic E-state index is 13.4. The van der Waals surface area contributed by atoms with Crippen molar-refractivity contribution in [2.75, 3.05) is 19.6 Å². The van der Waals surface area contributed by atoms with E-state index in [0.717, 1.165) is 37.7 Å². The summed E-state index contributed by atoms with van der Waals surface area (Å²) in [5.41, 5.74) is 2.25. The van der Waals surface area contributed by atoms with Gasteiger partial charge < -0.3 is 9.80 Å². The Bertz CT molecular complexity index is 849. The molecule has 1 unspecified atom stereocenters. The Morgan fingerprint density at radius 1 is 1.13 bits per heavy atom. The highest BCUT2D eigenvalue weighted by Crippen LogP contribution is 2.38. The molecule has 2 amide bonds. The SMILES string of the molecule is CCCCC(=O)N(CCCC)CC(=O)N1CCc2sccc2C1c1ccc(Cl)cc1. The number of carbonyl (C=O) groups excluding carboxylic acids is 2. The molecule has 1 aromatic heterocycles. The number of amides is 2. The van der Waals surface area contributed by atoms with Crippen LogP contribution in [0.2, 0.25) is 5.02 Å². The lowest BCUT2D eigenvalue weighted by atomic mass is 9.93. The van der Waals surface area contributed by atoms with Gasteiger partial charge in [0.25, 0.3) is 0 Å². The lowest BCUT2D eigenvalue weighted by Gasteiger charge is -2.37. The van der Waals surface area contributed by atoms with E-state index >= 15 is 0 Å². The molecule has 0 bridgehead atoms. The van der Waals surface area contributed by atoms with Crippen LogP contribution in [-0.2, 0) is 16.0 Å². The largest absolute Gasteiger partial charge is 0.333 e. The minimum absolute atomic E-state index is 0.0211. The molecule has 0 radical (unpaired) electrons. The standard InChI is InChI=1S/C24H31ClN2O2S/c1-3-5-7-22(28)26(14-6-4-2)17-23(29)27-15-12-21-20(13-16-30-21)24(27)18-8-10-19(25)11-9-18/h8-11,13,16,24H,3-7,12,14-15,17H2,1-2H3. The number of nitrogens with zero attached hydrogens (tertiary/aromatic N) is 2. The maximum absolute atomic E-state index is 13.4. The van der Waals surface area contributed by atoms with Gasteiger partial charge in [-0.2, -0.15) is 0 Å². The van der Waals surface area contributed by atoms with Crippen LogP contribution in [0.15, 0.2) is 35.7 Å². The number of unbranched alkanes of at least 4 members (excludes halogenated alkanes) is 2. The van der Waals surface area contributed by atoms with E-state index in [4.69, 9.17) is 11.6 Å². The van der Waals surface area contributed by atoms with E-state index in [1.165, 1.54) is 10.4 Å². The van der Waals surface area contributed by atoms with Crippen LogP contribution < -0.4 is 0 Å². The van der Waals surface area contributed by atoms with Gasteiger partial charge in [0, 0.05) is 29.4 Å². The van der Waals surface area contributed by atoms with E-state index in [9.17, 15) is 9.59 Å². The third-order valence-electron chi connectivity index (χ3n) is 5.68. The van der Waals surface area contributed by atoms with E-state index in [0.29, 0.717) is 24.5 Å². The predicted molar refractivity (Wildman–Crippen MR) is 124 cm³/mol. The minimum Gasteiger partial charge on any atom is -0.333 e. The average molecular weight is 447 g/mol. The van der Waals surface area contributed by atoms with Crippen LogP contribution in [0.5, 0.6) is 0 Å². The van der Waals surface area contributed by atoms with Crippen molar-refractivity contribution in [1.29, 1.82) is 0 Å². The van der Waals surface area contributed by atoms with Gasteiger partial charge in [-0.05, 0) is 54.0 Å². The molecule has 3 rings (SSSR count). The summed E-state index contributed by atoms with van der Waals surface area (Å²) in [5.74, 6) is 0.114. The first-order valence-corrected chi connectivity index (χ1v) is 12.2. The van der Waals surface area contributed by atoms with Crippen LogP contribution in [0, 0.1) is 0 Å². The molecule has 0 spiro atoms. The Balaban J connectivity index is 1.82. The van der Waals surface area contributed by atoms with Crippen molar-refractivity contribution >= 4 is 34.8 Å². The average Bonchev–Trinajstić information content (AvgIpc) is 3.23. The van der Waals surface area contributed by atoms with Gasteiger partial charge in [-0.25, -0.2) is 0 Å². The first-order valence-electron chi connectivity index (χ1n) is 10.9. The van der Waals surface area contributed by atoms with Gasteiger partial charge in [0.1, 0.15) is 0 Å². The van der Waals surface area contributed by atoms with Crippen molar-refractivity contribution in [3.8, 4) is 0 Å². The molecule has 1 aromatic carbocycles. The van der Waals surface area contributed by atoms with Crippen LogP contribution in [0.3, 0.4) is 0 Å². The summed E-state index contributed by atoms with van der Waals surface area (Å²) in [6.07, 6.45) is 5.14. The molecule has 0 saturated carbocycles. The van der Waals surface area contributed by atoms with E-state index in [2.05, 4.69) is 25.3 Å². The fourth-order valence-corrected chi connectivity index (χ4v) is 5.00. The van der Waals surface area contributed by atoms with Crippen molar-refractivity contribution in [3.05, 3.63) is 56.7 Å². The smallest absolute Gasteiger partial charge is 0.242 e. The van der Waals surface area contributed by atoms with Gasteiger partial charge in [0.2, 0.25) is 11.8 Å². The maximum Gasteiger partial charge on any atom is 0.242 e.